The molecule has 0 aromatic heterocycles. The summed E-state index contributed by atoms with van der Waals surface area (Å²) < 4.78 is 13.1. The van der Waals surface area contributed by atoms with E-state index in [0.29, 0.717) is 5.69 Å². The number of hydrogen-bond acceptors (Lipinski definition) is 2. The number of benzene rings is 3. The van der Waals surface area contributed by atoms with Gasteiger partial charge in [-0.1, -0.05) is 42.5 Å². The maximum absolute atomic E-state index is 13.1. The largest absolute Gasteiger partial charge is 0.374 e. The van der Waals surface area contributed by atoms with Gasteiger partial charge in [-0.25, -0.2) is 9.40 Å². The topological polar surface area (TPSA) is 41.6 Å². The van der Waals surface area contributed by atoms with Crippen LogP contribution in [0, 0.1) is 5.82 Å². The zero-order valence-electron chi connectivity index (χ0n) is 12.2. The van der Waals surface area contributed by atoms with E-state index in [1.54, 1.807) is 18.3 Å². The van der Waals surface area contributed by atoms with Crippen LogP contribution in [-0.2, 0) is 0 Å². The quantitative estimate of drug-likeness (QED) is 0.449. The Hall–Kier alpha value is -2.79. The van der Waals surface area contributed by atoms with Gasteiger partial charge in [0.2, 0.25) is 0 Å². The van der Waals surface area contributed by atoms with Gasteiger partial charge in [0, 0.05) is 5.56 Å². The second-order valence-corrected chi connectivity index (χ2v) is 5.36. The summed E-state index contributed by atoms with van der Waals surface area (Å²) in [7, 11) is 0. The van der Waals surface area contributed by atoms with Crippen molar-refractivity contribution in [2.45, 2.75) is 0 Å². The highest BCUT2D eigenvalue weighted by molar-refractivity contribution is 7.80. The summed E-state index contributed by atoms with van der Waals surface area (Å²) in [6.07, 6.45) is 1.70. The fraction of sp³-hybridized carbons (Fsp3) is 0. The lowest BCUT2D eigenvalue weighted by Gasteiger charge is -2.16. The molecular formula is C18H14FN3S. The molecule has 3 aromatic rings. The van der Waals surface area contributed by atoms with Crippen LogP contribution in [0.5, 0.6) is 0 Å². The highest BCUT2D eigenvalue weighted by Gasteiger charge is 2.08. The molecule has 0 amide bonds. The molecule has 3 aromatic carbocycles. The minimum Gasteiger partial charge on any atom is -0.374 e. The maximum Gasteiger partial charge on any atom is 0.191 e. The van der Waals surface area contributed by atoms with Crippen LogP contribution >= 0.6 is 12.2 Å². The molecule has 0 aliphatic carbocycles. The summed E-state index contributed by atoms with van der Waals surface area (Å²) in [6.45, 7) is 0. The van der Waals surface area contributed by atoms with Gasteiger partial charge in [0.25, 0.3) is 0 Å². The second kappa shape index (κ2) is 6.54. The fourth-order valence-corrected chi connectivity index (χ4v) is 2.47. The third-order valence-corrected chi connectivity index (χ3v) is 3.59. The van der Waals surface area contributed by atoms with Gasteiger partial charge in [0.1, 0.15) is 5.82 Å². The number of anilines is 1. The molecule has 0 heterocycles. The molecule has 0 aliphatic heterocycles. The molecule has 0 spiro atoms. The average molecular weight is 323 g/mol. The predicted molar refractivity (Wildman–Crippen MR) is 97.2 cm³/mol. The molecule has 5 heteroatoms. The average Bonchev–Trinajstić information content (AvgIpc) is 2.56. The Kier molecular flexibility index (Phi) is 4.30. The highest BCUT2D eigenvalue weighted by atomic mass is 32.1. The number of fused-ring (bicyclic) bond motifs is 1. The molecule has 23 heavy (non-hydrogen) atoms. The lowest BCUT2D eigenvalue weighted by atomic mass is 10.1. The van der Waals surface area contributed by atoms with Crippen molar-refractivity contribution in [2.24, 2.45) is 10.8 Å². The zero-order chi connectivity index (χ0) is 16.2. The monoisotopic (exact) mass is 323 g/mol. The van der Waals surface area contributed by atoms with Gasteiger partial charge in [0.05, 0.1) is 11.9 Å². The van der Waals surface area contributed by atoms with Crippen LogP contribution in [0.3, 0.4) is 0 Å². The lowest BCUT2D eigenvalue weighted by Crippen LogP contribution is -2.30. The highest BCUT2D eigenvalue weighted by Crippen LogP contribution is 2.18. The minimum absolute atomic E-state index is 0.0908. The van der Waals surface area contributed by atoms with Gasteiger partial charge in [-0.2, -0.15) is 5.10 Å². The van der Waals surface area contributed by atoms with E-state index in [1.165, 1.54) is 17.1 Å². The van der Waals surface area contributed by atoms with E-state index >= 15 is 0 Å². The number of hydrazone groups is 1. The van der Waals surface area contributed by atoms with Gasteiger partial charge in [0.15, 0.2) is 5.11 Å². The Labute approximate surface area is 138 Å². The summed E-state index contributed by atoms with van der Waals surface area (Å²) in [5, 5.41) is 8.06. The predicted octanol–water partition coefficient (Wildman–Crippen LogP) is 4.06. The van der Waals surface area contributed by atoms with E-state index in [4.69, 9.17) is 18.0 Å². The molecule has 0 saturated carbocycles. The van der Waals surface area contributed by atoms with Gasteiger partial charge >= 0.3 is 0 Å². The SMILES string of the molecule is NC(=S)N(N=Cc1cccc2ccccc12)c1ccc(F)cc1. The summed E-state index contributed by atoms with van der Waals surface area (Å²) in [6, 6.07) is 19.8. The molecule has 0 radical (unpaired) electrons. The van der Waals surface area contributed by atoms with Crippen molar-refractivity contribution in [1.82, 2.24) is 0 Å². The van der Waals surface area contributed by atoms with Gasteiger partial charge in [-0.05, 0) is 47.3 Å². The van der Waals surface area contributed by atoms with Crippen molar-refractivity contribution in [1.29, 1.82) is 0 Å². The Morgan fingerprint density at radius 1 is 1.00 bits per heavy atom. The van der Waals surface area contributed by atoms with Crippen molar-refractivity contribution in [3.63, 3.8) is 0 Å². The Morgan fingerprint density at radius 2 is 1.70 bits per heavy atom. The summed E-state index contributed by atoms with van der Waals surface area (Å²) in [5.74, 6) is -0.324. The summed E-state index contributed by atoms with van der Waals surface area (Å²) in [4.78, 5) is 0. The smallest absolute Gasteiger partial charge is 0.191 e. The molecule has 0 fully saturated rings. The summed E-state index contributed by atoms with van der Waals surface area (Å²) in [5.41, 5.74) is 7.29. The molecule has 3 nitrogen and oxygen atoms in total. The minimum atomic E-state index is -0.324. The molecule has 0 unspecified atom stereocenters. The molecule has 0 saturated heterocycles. The van der Waals surface area contributed by atoms with E-state index in [9.17, 15) is 4.39 Å². The van der Waals surface area contributed by atoms with Crippen LogP contribution in [0.1, 0.15) is 5.56 Å². The van der Waals surface area contributed by atoms with Gasteiger partial charge in [-0.3, -0.25) is 0 Å². The van der Waals surface area contributed by atoms with Crippen LogP contribution in [0.4, 0.5) is 10.1 Å². The second-order valence-electron chi connectivity index (χ2n) is 4.94. The van der Waals surface area contributed by atoms with Crippen LogP contribution in [0.25, 0.3) is 10.8 Å². The normalized spacial score (nSPS) is 11.0. The molecule has 2 N–H and O–H groups in total. The first kappa shape index (κ1) is 15.1. The number of halogens is 1. The fourth-order valence-electron chi connectivity index (χ4n) is 2.32. The molecular weight excluding hydrogens is 309 g/mol. The third kappa shape index (κ3) is 3.35. The Bertz CT molecular complexity index is 870. The number of thiocarbonyl (C=S) groups is 1. The standard InChI is InChI=1S/C18H14FN3S/c19-15-8-10-16(11-9-15)22(18(20)23)21-12-14-6-3-5-13-4-1-2-7-17(13)14/h1-12H,(H2,20,23). The maximum atomic E-state index is 13.1. The lowest BCUT2D eigenvalue weighted by molar-refractivity contribution is 0.628. The van der Waals surface area contributed by atoms with E-state index in [-0.39, 0.29) is 10.9 Å². The van der Waals surface area contributed by atoms with Crippen molar-refractivity contribution in [3.05, 3.63) is 78.1 Å². The zero-order valence-corrected chi connectivity index (χ0v) is 13.0. The van der Waals surface area contributed by atoms with Gasteiger partial charge < -0.3 is 5.73 Å². The van der Waals surface area contributed by atoms with Crippen LogP contribution in [0.2, 0.25) is 0 Å². The number of hydrogen-bond donors (Lipinski definition) is 1. The van der Waals surface area contributed by atoms with E-state index < -0.39 is 0 Å². The Morgan fingerprint density at radius 3 is 2.43 bits per heavy atom. The Balaban J connectivity index is 1.97. The first-order chi connectivity index (χ1) is 11.1. The molecule has 0 bridgehead atoms. The van der Waals surface area contributed by atoms with Crippen molar-refractivity contribution in [2.75, 3.05) is 5.01 Å². The van der Waals surface area contributed by atoms with E-state index in [0.717, 1.165) is 16.3 Å². The van der Waals surface area contributed by atoms with Crippen LogP contribution < -0.4 is 10.7 Å². The molecule has 114 valence electrons. The number of nitrogens with zero attached hydrogens (tertiary/aromatic N) is 2. The molecule has 0 aliphatic rings. The molecule has 3 rings (SSSR count). The van der Waals surface area contributed by atoms with Crippen molar-refractivity contribution < 1.29 is 4.39 Å². The van der Waals surface area contributed by atoms with Crippen molar-refractivity contribution in [3.8, 4) is 0 Å². The van der Waals surface area contributed by atoms with Crippen molar-refractivity contribution >= 4 is 40.0 Å². The summed E-state index contributed by atoms with van der Waals surface area (Å²) >= 11 is 5.04. The first-order valence-electron chi connectivity index (χ1n) is 7.02. The molecule has 0 atom stereocenters. The van der Waals surface area contributed by atoms with Gasteiger partial charge in [-0.15, -0.1) is 0 Å². The number of nitrogens with two attached hydrogens (primary N) is 1. The van der Waals surface area contributed by atoms with E-state index in [1.807, 2.05) is 42.5 Å². The van der Waals surface area contributed by atoms with Crippen LogP contribution in [-0.4, -0.2) is 11.3 Å². The van der Waals surface area contributed by atoms with E-state index in [2.05, 4.69) is 5.10 Å². The van der Waals surface area contributed by atoms with Crippen LogP contribution in [0.15, 0.2) is 71.8 Å². The number of rotatable bonds is 3. The third-order valence-electron chi connectivity index (χ3n) is 3.42. The first-order valence-corrected chi connectivity index (χ1v) is 7.43.